The Balaban J connectivity index is 1.48. The average molecular weight is 373 g/mol. The number of methoxy groups -OCH3 is 1. The van der Waals surface area contributed by atoms with Crippen LogP contribution in [0.4, 0.5) is 5.82 Å². The minimum atomic E-state index is -0.383. The number of carbonyl (C=O) groups excluding carboxylic acids is 1. The normalized spacial score (nSPS) is 22.1. The van der Waals surface area contributed by atoms with E-state index in [9.17, 15) is 4.79 Å². The molecule has 1 amide bonds. The maximum Gasteiger partial charge on any atom is 0.252 e. The Labute approximate surface area is 159 Å². The van der Waals surface area contributed by atoms with E-state index in [0.717, 1.165) is 44.7 Å². The molecule has 8 heteroatoms. The first-order valence-electron chi connectivity index (χ1n) is 9.40. The molecule has 2 N–H and O–H groups in total. The van der Waals surface area contributed by atoms with Crippen molar-refractivity contribution in [2.45, 2.75) is 37.5 Å². The van der Waals surface area contributed by atoms with Crippen LogP contribution in [0.25, 0.3) is 0 Å². The third kappa shape index (κ3) is 4.75. The van der Waals surface area contributed by atoms with Gasteiger partial charge in [-0.05, 0) is 25.0 Å². The van der Waals surface area contributed by atoms with Gasteiger partial charge in [0.2, 0.25) is 0 Å². The molecule has 2 atom stereocenters. The highest BCUT2D eigenvalue weighted by molar-refractivity contribution is 5.83. The molecule has 0 bridgehead atoms. The standard InChI is InChI=1S/C19H27N5O3/c1-26-12-15(21)13-27-17-6-9-24(19(17)25)16-4-7-23(8-5-16)18-3-2-14(10-20)11-22-18/h2-3,11,15-17H,4-9,12-13,21H2,1H3. The van der Waals surface area contributed by atoms with Gasteiger partial charge >= 0.3 is 0 Å². The smallest absolute Gasteiger partial charge is 0.252 e. The SMILES string of the molecule is COCC(N)COC1CCN(C2CCN(c3ccc(C#N)cn3)CC2)C1=O. The van der Waals surface area contributed by atoms with Gasteiger partial charge in [0.1, 0.15) is 18.0 Å². The highest BCUT2D eigenvalue weighted by Gasteiger charge is 2.38. The number of nitrogens with zero attached hydrogens (tertiary/aromatic N) is 4. The van der Waals surface area contributed by atoms with Crippen LogP contribution in [0.1, 0.15) is 24.8 Å². The summed E-state index contributed by atoms with van der Waals surface area (Å²) in [5.74, 6) is 0.961. The van der Waals surface area contributed by atoms with E-state index in [1.165, 1.54) is 0 Å². The quantitative estimate of drug-likeness (QED) is 0.742. The maximum atomic E-state index is 12.7. The molecule has 2 fully saturated rings. The van der Waals surface area contributed by atoms with Crippen LogP contribution in [0.3, 0.4) is 0 Å². The second kappa shape index (κ2) is 9.13. The van der Waals surface area contributed by atoms with Crippen molar-refractivity contribution in [1.29, 1.82) is 5.26 Å². The number of hydrogen-bond donors (Lipinski definition) is 1. The summed E-state index contributed by atoms with van der Waals surface area (Å²) < 4.78 is 10.7. The molecular weight excluding hydrogens is 346 g/mol. The van der Waals surface area contributed by atoms with Gasteiger partial charge in [0, 0.05) is 45.4 Å². The van der Waals surface area contributed by atoms with Crippen molar-refractivity contribution in [2.24, 2.45) is 5.73 Å². The minimum Gasteiger partial charge on any atom is -0.383 e. The van der Waals surface area contributed by atoms with Crippen LogP contribution in [-0.4, -0.2) is 73.9 Å². The van der Waals surface area contributed by atoms with Crippen LogP contribution >= 0.6 is 0 Å². The molecule has 2 unspecified atom stereocenters. The predicted octanol–water partition coefficient (Wildman–Crippen LogP) is 0.513. The second-order valence-corrected chi connectivity index (χ2v) is 7.09. The highest BCUT2D eigenvalue weighted by Crippen LogP contribution is 2.26. The van der Waals surface area contributed by atoms with E-state index >= 15 is 0 Å². The molecule has 0 aromatic carbocycles. The first-order valence-corrected chi connectivity index (χ1v) is 9.40. The zero-order chi connectivity index (χ0) is 19.2. The molecule has 27 heavy (non-hydrogen) atoms. The van der Waals surface area contributed by atoms with Crippen LogP contribution in [0.5, 0.6) is 0 Å². The molecule has 1 aromatic heterocycles. The van der Waals surface area contributed by atoms with E-state index in [1.54, 1.807) is 19.4 Å². The zero-order valence-corrected chi connectivity index (χ0v) is 15.7. The number of aromatic nitrogens is 1. The lowest BCUT2D eigenvalue weighted by Gasteiger charge is -2.37. The van der Waals surface area contributed by atoms with E-state index < -0.39 is 0 Å². The van der Waals surface area contributed by atoms with E-state index in [2.05, 4.69) is 16.0 Å². The summed E-state index contributed by atoms with van der Waals surface area (Å²) in [5.41, 5.74) is 6.43. The lowest BCUT2D eigenvalue weighted by molar-refractivity contribution is -0.139. The van der Waals surface area contributed by atoms with Gasteiger partial charge in [-0.1, -0.05) is 0 Å². The van der Waals surface area contributed by atoms with Crippen molar-refractivity contribution in [2.75, 3.05) is 44.9 Å². The molecule has 2 saturated heterocycles. The van der Waals surface area contributed by atoms with Crippen LogP contribution < -0.4 is 10.6 Å². The molecule has 0 spiro atoms. The highest BCUT2D eigenvalue weighted by atomic mass is 16.5. The number of pyridine rings is 1. The van der Waals surface area contributed by atoms with Gasteiger partial charge in [0.05, 0.1) is 24.8 Å². The molecular formula is C19H27N5O3. The first-order chi connectivity index (χ1) is 13.1. The fraction of sp³-hybridized carbons (Fsp3) is 0.632. The van der Waals surface area contributed by atoms with Gasteiger partial charge in [0.15, 0.2) is 0 Å². The van der Waals surface area contributed by atoms with Crippen molar-refractivity contribution >= 4 is 11.7 Å². The fourth-order valence-corrected chi connectivity index (χ4v) is 3.74. The summed E-state index contributed by atoms with van der Waals surface area (Å²) in [4.78, 5) is 21.2. The largest absolute Gasteiger partial charge is 0.383 e. The van der Waals surface area contributed by atoms with Crippen LogP contribution in [0.15, 0.2) is 18.3 Å². The summed E-state index contributed by atoms with van der Waals surface area (Å²) in [6, 6.07) is 5.79. The summed E-state index contributed by atoms with van der Waals surface area (Å²) in [6.07, 6.45) is 3.75. The topological polar surface area (TPSA) is 105 Å². The molecule has 0 aliphatic carbocycles. The van der Waals surface area contributed by atoms with Crippen LogP contribution in [-0.2, 0) is 14.3 Å². The predicted molar refractivity (Wildman–Crippen MR) is 100 cm³/mol. The molecule has 0 radical (unpaired) electrons. The third-order valence-electron chi connectivity index (χ3n) is 5.19. The Hall–Kier alpha value is -2.21. The first kappa shape index (κ1) is 19.5. The number of carbonyl (C=O) groups is 1. The van der Waals surface area contributed by atoms with Crippen molar-refractivity contribution in [3.05, 3.63) is 23.9 Å². The Kier molecular flexibility index (Phi) is 6.61. The molecule has 8 nitrogen and oxygen atoms in total. The summed E-state index contributed by atoms with van der Waals surface area (Å²) in [7, 11) is 1.60. The van der Waals surface area contributed by atoms with Gasteiger partial charge in [-0.15, -0.1) is 0 Å². The summed E-state index contributed by atoms with van der Waals surface area (Å²) in [6.45, 7) is 3.19. The number of nitriles is 1. The maximum absolute atomic E-state index is 12.7. The second-order valence-electron chi connectivity index (χ2n) is 7.09. The third-order valence-corrected chi connectivity index (χ3v) is 5.19. The molecule has 0 saturated carbocycles. The van der Waals surface area contributed by atoms with E-state index in [4.69, 9.17) is 20.5 Å². The van der Waals surface area contributed by atoms with Crippen molar-refractivity contribution < 1.29 is 14.3 Å². The number of nitrogens with two attached hydrogens (primary N) is 1. The Morgan fingerprint density at radius 3 is 2.70 bits per heavy atom. The van der Waals surface area contributed by atoms with Gasteiger partial charge in [-0.25, -0.2) is 4.98 Å². The van der Waals surface area contributed by atoms with Crippen LogP contribution in [0, 0.1) is 11.3 Å². The van der Waals surface area contributed by atoms with Gasteiger partial charge < -0.3 is 25.0 Å². The number of likely N-dealkylation sites (tertiary alicyclic amines) is 1. The number of piperidine rings is 1. The van der Waals surface area contributed by atoms with Gasteiger partial charge in [0.25, 0.3) is 5.91 Å². The van der Waals surface area contributed by atoms with Crippen molar-refractivity contribution in [3.8, 4) is 6.07 Å². The number of hydrogen-bond acceptors (Lipinski definition) is 7. The monoisotopic (exact) mass is 373 g/mol. The molecule has 3 rings (SSSR count). The van der Waals surface area contributed by atoms with Crippen molar-refractivity contribution in [1.82, 2.24) is 9.88 Å². The van der Waals surface area contributed by atoms with Gasteiger partial charge in [-0.2, -0.15) is 5.26 Å². The number of anilines is 1. The summed E-state index contributed by atoms with van der Waals surface area (Å²) >= 11 is 0. The van der Waals surface area contributed by atoms with Gasteiger partial charge in [-0.3, -0.25) is 4.79 Å². The van der Waals surface area contributed by atoms with E-state index in [0.29, 0.717) is 18.8 Å². The summed E-state index contributed by atoms with van der Waals surface area (Å²) in [5, 5.41) is 8.87. The number of ether oxygens (including phenoxy) is 2. The Morgan fingerprint density at radius 1 is 1.30 bits per heavy atom. The molecule has 3 heterocycles. The lowest BCUT2D eigenvalue weighted by atomic mass is 10.0. The minimum absolute atomic E-state index is 0.0783. The molecule has 1 aromatic rings. The number of amides is 1. The zero-order valence-electron chi connectivity index (χ0n) is 15.7. The molecule has 2 aliphatic rings. The Morgan fingerprint density at radius 2 is 2.07 bits per heavy atom. The molecule has 146 valence electrons. The van der Waals surface area contributed by atoms with Crippen molar-refractivity contribution in [3.63, 3.8) is 0 Å². The van der Waals surface area contributed by atoms with Crippen LogP contribution in [0.2, 0.25) is 0 Å². The molecule has 2 aliphatic heterocycles. The average Bonchev–Trinajstić information content (AvgIpc) is 3.07. The van der Waals surface area contributed by atoms with E-state index in [1.807, 2.05) is 11.0 Å². The van der Waals surface area contributed by atoms with E-state index in [-0.39, 0.29) is 24.1 Å². The fourth-order valence-electron chi connectivity index (χ4n) is 3.74. The number of rotatable bonds is 7. The Bertz CT molecular complexity index is 667. The lowest BCUT2D eigenvalue weighted by Crippen LogP contribution is -2.47.